The number of hydrogen-bond acceptors (Lipinski definition) is 2. The van der Waals surface area contributed by atoms with E-state index in [4.69, 9.17) is 4.74 Å². The lowest BCUT2D eigenvalue weighted by atomic mass is 10.1. The van der Waals surface area contributed by atoms with Crippen molar-refractivity contribution in [1.29, 1.82) is 0 Å². The molecular weight excluding hydrogens is 272 g/mol. The normalized spacial score (nSPS) is 9.36. The molecule has 2 rings (SSSR count). The molecule has 0 saturated heterocycles. The van der Waals surface area contributed by atoms with Gasteiger partial charge in [0.15, 0.2) is 0 Å². The van der Waals surface area contributed by atoms with Crippen LogP contribution in [0.4, 0.5) is 0 Å². The van der Waals surface area contributed by atoms with E-state index in [0.29, 0.717) is 12.2 Å². The number of benzene rings is 2. The predicted octanol–water partition coefficient (Wildman–Crippen LogP) is 5.26. The third kappa shape index (κ3) is 6.89. The maximum absolute atomic E-state index is 10.7. The molecule has 0 fully saturated rings. The second-order valence-corrected chi connectivity index (χ2v) is 5.00. The molecule has 0 bridgehead atoms. The van der Waals surface area contributed by atoms with Gasteiger partial charge in [0.1, 0.15) is 0 Å². The van der Waals surface area contributed by atoms with Crippen LogP contribution >= 0.6 is 0 Å². The molecule has 22 heavy (non-hydrogen) atoms. The SMILES string of the molecule is C=C(C)C(=O)OCCCC.c1ccc(-c2ccccc2)cc1. The van der Waals surface area contributed by atoms with E-state index in [0.717, 1.165) is 12.8 Å². The Morgan fingerprint density at radius 3 is 1.77 bits per heavy atom. The van der Waals surface area contributed by atoms with E-state index in [2.05, 4.69) is 62.0 Å². The molecule has 116 valence electrons. The highest BCUT2D eigenvalue weighted by molar-refractivity contribution is 5.86. The fraction of sp³-hybridized carbons (Fsp3) is 0.250. The predicted molar refractivity (Wildman–Crippen MR) is 92.6 cm³/mol. The van der Waals surface area contributed by atoms with Crippen molar-refractivity contribution in [3.63, 3.8) is 0 Å². The molecule has 2 heteroatoms. The Morgan fingerprint density at radius 2 is 1.41 bits per heavy atom. The number of ether oxygens (including phenoxy) is 1. The standard InChI is InChI=1S/C12H10.C8H14O2/c1-3-7-11(8-4-1)12-9-5-2-6-10-12;1-4-5-6-10-8(9)7(2)3/h1-10H;2,4-6H2,1,3H3. The van der Waals surface area contributed by atoms with Crippen LogP contribution in [0.3, 0.4) is 0 Å². The van der Waals surface area contributed by atoms with E-state index in [9.17, 15) is 4.79 Å². The van der Waals surface area contributed by atoms with Crippen molar-refractivity contribution < 1.29 is 9.53 Å². The average Bonchev–Trinajstić information content (AvgIpc) is 2.57. The Kier molecular flexibility index (Phi) is 8.36. The van der Waals surface area contributed by atoms with Crippen LogP contribution in [-0.2, 0) is 9.53 Å². The summed E-state index contributed by atoms with van der Waals surface area (Å²) in [5.74, 6) is -0.284. The van der Waals surface area contributed by atoms with Gasteiger partial charge >= 0.3 is 5.97 Å². The molecule has 0 spiro atoms. The van der Waals surface area contributed by atoms with Crippen molar-refractivity contribution in [2.75, 3.05) is 6.61 Å². The van der Waals surface area contributed by atoms with Gasteiger partial charge in [-0.15, -0.1) is 0 Å². The monoisotopic (exact) mass is 296 g/mol. The molecule has 0 aliphatic carbocycles. The van der Waals surface area contributed by atoms with Gasteiger partial charge < -0.3 is 4.74 Å². The maximum Gasteiger partial charge on any atom is 0.333 e. The summed E-state index contributed by atoms with van der Waals surface area (Å²) in [6.45, 7) is 7.67. The highest BCUT2D eigenvalue weighted by atomic mass is 16.5. The number of carbonyl (C=O) groups excluding carboxylic acids is 1. The third-order valence-corrected chi connectivity index (χ3v) is 2.96. The molecule has 2 nitrogen and oxygen atoms in total. The van der Waals surface area contributed by atoms with E-state index >= 15 is 0 Å². The molecular formula is C20H24O2. The first-order valence-electron chi connectivity index (χ1n) is 7.58. The summed E-state index contributed by atoms with van der Waals surface area (Å²) in [6, 6.07) is 20.8. The molecule has 0 aliphatic heterocycles. The molecule has 0 N–H and O–H groups in total. The summed E-state index contributed by atoms with van der Waals surface area (Å²) >= 11 is 0. The van der Waals surface area contributed by atoms with E-state index in [1.165, 1.54) is 11.1 Å². The minimum absolute atomic E-state index is 0.284. The lowest BCUT2D eigenvalue weighted by Gasteiger charge is -2.01. The first-order valence-corrected chi connectivity index (χ1v) is 7.58. The molecule has 2 aromatic rings. The number of unbranched alkanes of at least 4 members (excludes halogenated alkanes) is 1. The minimum atomic E-state index is -0.284. The molecule has 0 heterocycles. The molecule has 0 atom stereocenters. The van der Waals surface area contributed by atoms with E-state index < -0.39 is 0 Å². The molecule has 0 radical (unpaired) electrons. The first-order chi connectivity index (χ1) is 10.6. The van der Waals surface area contributed by atoms with Gasteiger partial charge in [-0.1, -0.05) is 80.6 Å². The number of carbonyl (C=O) groups is 1. The Hall–Kier alpha value is -2.35. The zero-order valence-electron chi connectivity index (χ0n) is 13.4. The van der Waals surface area contributed by atoms with E-state index in [1.54, 1.807) is 6.92 Å². The first kappa shape index (κ1) is 17.7. The van der Waals surface area contributed by atoms with Crippen molar-refractivity contribution in [3.8, 4) is 11.1 Å². The van der Waals surface area contributed by atoms with Gasteiger partial charge in [-0.3, -0.25) is 0 Å². The summed E-state index contributed by atoms with van der Waals surface area (Å²) < 4.78 is 4.81. The van der Waals surface area contributed by atoms with Crippen LogP contribution in [-0.4, -0.2) is 12.6 Å². The summed E-state index contributed by atoms with van der Waals surface area (Å²) in [5.41, 5.74) is 3.02. The van der Waals surface area contributed by atoms with Crippen LogP contribution in [0.5, 0.6) is 0 Å². The van der Waals surface area contributed by atoms with E-state index in [1.807, 2.05) is 12.1 Å². The van der Waals surface area contributed by atoms with Crippen molar-refractivity contribution in [3.05, 3.63) is 72.8 Å². The molecule has 0 amide bonds. The van der Waals surface area contributed by atoms with Crippen LogP contribution in [0.25, 0.3) is 11.1 Å². The largest absolute Gasteiger partial charge is 0.462 e. The van der Waals surface area contributed by atoms with Crippen molar-refractivity contribution >= 4 is 5.97 Å². The Morgan fingerprint density at radius 1 is 0.955 bits per heavy atom. The fourth-order valence-corrected chi connectivity index (χ4v) is 1.69. The lowest BCUT2D eigenvalue weighted by Crippen LogP contribution is -2.05. The molecule has 0 aromatic heterocycles. The van der Waals surface area contributed by atoms with Gasteiger partial charge in [-0.25, -0.2) is 4.79 Å². The van der Waals surface area contributed by atoms with Gasteiger partial charge in [0.05, 0.1) is 6.61 Å². The lowest BCUT2D eigenvalue weighted by molar-refractivity contribution is -0.139. The average molecular weight is 296 g/mol. The van der Waals surface area contributed by atoms with Gasteiger partial charge in [0.25, 0.3) is 0 Å². The van der Waals surface area contributed by atoms with Gasteiger partial charge in [-0.2, -0.15) is 0 Å². The van der Waals surface area contributed by atoms with Crippen LogP contribution in [0.2, 0.25) is 0 Å². The van der Waals surface area contributed by atoms with Crippen molar-refractivity contribution in [2.45, 2.75) is 26.7 Å². The number of rotatable bonds is 5. The van der Waals surface area contributed by atoms with Crippen LogP contribution in [0.1, 0.15) is 26.7 Å². The quantitative estimate of drug-likeness (QED) is 0.427. The zero-order chi connectivity index (χ0) is 16.2. The number of hydrogen-bond donors (Lipinski definition) is 0. The molecule has 0 unspecified atom stereocenters. The Bertz CT molecular complexity index is 521. The minimum Gasteiger partial charge on any atom is -0.462 e. The summed E-state index contributed by atoms with van der Waals surface area (Å²) in [4.78, 5) is 10.7. The highest BCUT2D eigenvalue weighted by Crippen LogP contribution is 2.17. The molecule has 0 saturated carbocycles. The van der Waals surface area contributed by atoms with Crippen molar-refractivity contribution in [2.24, 2.45) is 0 Å². The third-order valence-electron chi connectivity index (χ3n) is 2.96. The maximum atomic E-state index is 10.7. The molecule has 0 aliphatic rings. The van der Waals surface area contributed by atoms with Gasteiger partial charge in [0, 0.05) is 5.57 Å². The zero-order valence-corrected chi connectivity index (χ0v) is 13.4. The van der Waals surface area contributed by atoms with Crippen LogP contribution in [0.15, 0.2) is 72.8 Å². The van der Waals surface area contributed by atoms with Crippen LogP contribution < -0.4 is 0 Å². The smallest absolute Gasteiger partial charge is 0.333 e. The fourth-order valence-electron chi connectivity index (χ4n) is 1.69. The highest BCUT2D eigenvalue weighted by Gasteiger charge is 2.00. The number of esters is 1. The van der Waals surface area contributed by atoms with Gasteiger partial charge in [0.2, 0.25) is 0 Å². The van der Waals surface area contributed by atoms with Gasteiger partial charge in [-0.05, 0) is 24.5 Å². The van der Waals surface area contributed by atoms with Crippen molar-refractivity contribution in [1.82, 2.24) is 0 Å². The summed E-state index contributed by atoms with van der Waals surface area (Å²) in [6.07, 6.45) is 1.97. The molecule has 2 aromatic carbocycles. The Labute approximate surface area is 133 Å². The second kappa shape index (κ2) is 10.4. The van der Waals surface area contributed by atoms with Crippen LogP contribution in [0, 0.1) is 0 Å². The van der Waals surface area contributed by atoms with E-state index in [-0.39, 0.29) is 5.97 Å². The Balaban J connectivity index is 0.000000225. The summed E-state index contributed by atoms with van der Waals surface area (Å²) in [7, 11) is 0. The second-order valence-electron chi connectivity index (χ2n) is 5.00. The topological polar surface area (TPSA) is 26.3 Å². The summed E-state index contributed by atoms with van der Waals surface area (Å²) in [5, 5.41) is 0.